The molecule has 0 saturated heterocycles. The fourth-order valence-corrected chi connectivity index (χ4v) is 1.68. The van der Waals surface area contributed by atoms with Gasteiger partial charge in [0.15, 0.2) is 0 Å². The van der Waals surface area contributed by atoms with Crippen molar-refractivity contribution in [2.75, 3.05) is 19.8 Å². The highest BCUT2D eigenvalue weighted by molar-refractivity contribution is 5.09. The molecule has 0 radical (unpaired) electrons. The smallest absolute Gasteiger partial charge is 0.261 e. The molecule has 3 nitrogen and oxygen atoms in total. The van der Waals surface area contributed by atoms with E-state index < -0.39 is 13.0 Å². The van der Waals surface area contributed by atoms with E-state index in [0.29, 0.717) is 13.0 Å². The maximum Gasteiger partial charge on any atom is 0.261 e. The van der Waals surface area contributed by atoms with Gasteiger partial charge < -0.3 is 14.5 Å². The zero-order chi connectivity index (χ0) is 13.4. The van der Waals surface area contributed by atoms with Crippen molar-refractivity contribution in [3.05, 3.63) is 23.7 Å². The first-order chi connectivity index (χ1) is 8.63. The molecule has 0 bridgehead atoms. The topological polar surface area (TPSA) is 34.4 Å². The lowest BCUT2D eigenvalue weighted by Gasteiger charge is -2.16. The van der Waals surface area contributed by atoms with Crippen LogP contribution in [0, 0.1) is 6.92 Å². The van der Waals surface area contributed by atoms with Crippen LogP contribution in [0.5, 0.6) is 0 Å². The number of rotatable bonds is 9. The molecule has 0 aliphatic rings. The highest BCUT2D eigenvalue weighted by Gasteiger charge is 2.14. The molecule has 0 amide bonds. The molecule has 0 aliphatic heterocycles. The predicted molar refractivity (Wildman–Crippen MR) is 65.9 cm³/mol. The van der Waals surface area contributed by atoms with E-state index in [9.17, 15) is 8.78 Å². The van der Waals surface area contributed by atoms with Crippen molar-refractivity contribution in [3.63, 3.8) is 0 Å². The highest BCUT2D eigenvalue weighted by Crippen LogP contribution is 2.19. The number of halogens is 2. The Bertz CT molecular complexity index is 329. The van der Waals surface area contributed by atoms with E-state index in [1.54, 1.807) is 0 Å². The monoisotopic (exact) mass is 261 g/mol. The van der Waals surface area contributed by atoms with Gasteiger partial charge in [-0.25, -0.2) is 8.78 Å². The van der Waals surface area contributed by atoms with E-state index in [2.05, 4.69) is 12.2 Å². The fourth-order valence-electron chi connectivity index (χ4n) is 1.68. The van der Waals surface area contributed by atoms with Crippen LogP contribution in [0.25, 0.3) is 0 Å². The molecule has 1 heterocycles. The molecular weight excluding hydrogens is 240 g/mol. The van der Waals surface area contributed by atoms with E-state index in [0.717, 1.165) is 24.5 Å². The molecule has 104 valence electrons. The molecule has 0 aliphatic carbocycles. The third-order valence-corrected chi connectivity index (χ3v) is 2.54. The second kappa shape index (κ2) is 8.21. The minimum absolute atomic E-state index is 0.0244. The van der Waals surface area contributed by atoms with Gasteiger partial charge in [-0.05, 0) is 38.4 Å². The van der Waals surface area contributed by atoms with Crippen LogP contribution >= 0.6 is 0 Å². The molecule has 1 rings (SSSR count). The first-order valence-corrected chi connectivity index (χ1v) is 6.29. The Kier molecular flexibility index (Phi) is 6.90. The van der Waals surface area contributed by atoms with Gasteiger partial charge >= 0.3 is 0 Å². The summed E-state index contributed by atoms with van der Waals surface area (Å²) in [5.74, 6) is 1.68. The van der Waals surface area contributed by atoms with Crippen LogP contribution < -0.4 is 5.32 Å². The Morgan fingerprint density at radius 2 is 2.17 bits per heavy atom. The summed E-state index contributed by atoms with van der Waals surface area (Å²) in [5.41, 5.74) is 0. The second-order valence-corrected chi connectivity index (χ2v) is 4.21. The van der Waals surface area contributed by atoms with Crippen molar-refractivity contribution in [2.45, 2.75) is 39.2 Å². The number of nitrogens with one attached hydrogen (secondary N) is 1. The first-order valence-electron chi connectivity index (χ1n) is 6.29. The summed E-state index contributed by atoms with van der Waals surface area (Å²) in [5, 5.41) is 3.33. The van der Waals surface area contributed by atoms with Crippen molar-refractivity contribution in [2.24, 2.45) is 0 Å². The van der Waals surface area contributed by atoms with Crippen LogP contribution in [0.1, 0.15) is 37.3 Å². The number of hydrogen-bond acceptors (Lipinski definition) is 3. The normalized spacial score (nSPS) is 13.2. The number of hydrogen-bond donors (Lipinski definition) is 1. The van der Waals surface area contributed by atoms with Gasteiger partial charge in [0.2, 0.25) is 0 Å². The molecule has 0 fully saturated rings. The summed E-state index contributed by atoms with van der Waals surface area (Å²) in [6.07, 6.45) is -0.772. The molecule has 1 atom stereocenters. The van der Waals surface area contributed by atoms with Crippen molar-refractivity contribution in [3.8, 4) is 0 Å². The maximum atomic E-state index is 11.9. The van der Waals surface area contributed by atoms with Crippen molar-refractivity contribution < 1.29 is 17.9 Å². The van der Waals surface area contributed by atoms with Gasteiger partial charge in [0, 0.05) is 6.61 Å². The maximum absolute atomic E-state index is 11.9. The summed E-state index contributed by atoms with van der Waals surface area (Å²) in [7, 11) is 0. The van der Waals surface area contributed by atoms with E-state index >= 15 is 0 Å². The van der Waals surface area contributed by atoms with Crippen LogP contribution in [0.15, 0.2) is 16.5 Å². The van der Waals surface area contributed by atoms with Gasteiger partial charge in [0.05, 0.1) is 6.04 Å². The van der Waals surface area contributed by atoms with E-state index in [4.69, 9.17) is 9.15 Å². The summed E-state index contributed by atoms with van der Waals surface area (Å²) in [6.45, 7) is 4.61. The van der Waals surface area contributed by atoms with Crippen molar-refractivity contribution >= 4 is 0 Å². The summed E-state index contributed by atoms with van der Waals surface area (Å²) < 4.78 is 34.3. The van der Waals surface area contributed by atoms with Crippen LogP contribution in [-0.2, 0) is 4.74 Å². The molecule has 1 unspecified atom stereocenters. The molecule has 1 N–H and O–H groups in total. The van der Waals surface area contributed by atoms with Crippen LogP contribution in [0.2, 0.25) is 0 Å². The Labute approximate surface area is 107 Å². The van der Waals surface area contributed by atoms with Gasteiger partial charge in [-0.1, -0.05) is 6.92 Å². The standard InChI is InChI=1S/C13H21F2NO2/c1-3-7-16-11(6-8-17-9-13(14)15)12-5-4-10(2)18-12/h4-5,11,13,16H,3,6-9H2,1-2H3. The molecule has 0 aromatic carbocycles. The molecule has 18 heavy (non-hydrogen) atoms. The largest absolute Gasteiger partial charge is 0.465 e. The zero-order valence-electron chi connectivity index (χ0n) is 10.9. The lowest BCUT2D eigenvalue weighted by molar-refractivity contribution is 0.0138. The molecule has 1 aromatic rings. The Balaban J connectivity index is 2.40. The number of alkyl halides is 2. The Morgan fingerprint density at radius 1 is 1.39 bits per heavy atom. The minimum Gasteiger partial charge on any atom is -0.465 e. The van der Waals surface area contributed by atoms with Crippen molar-refractivity contribution in [1.29, 1.82) is 0 Å². The van der Waals surface area contributed by atoms with Crippen LogP contribution in [-0.4, -0.2) is 26.2 Å². The van der Waals surface area contributed by atoms with Gasteiger partial charge in [0.25, 0.3) is 6.43 Å². The third kappa shape index (κ3) is 5.60. The fraction of sp³-hybridized carbons (Fsp3) is 0.692. The Morgan fingerprint density at radius 3 is 2.72 bits per heavy atom. The van der Waals surface area contributed by atoms with Crippen molar-refractivity contribution in [1.82, 2.24) is 5.32 Å². The molecular formula is C13H21F2NO2. The number of furan rings is 1. The van der Waals surface area contributed by atoms with Gasteiger partial charge in [-0.2, -0.15) is 0 Å². The third-order valence-electron chi connectivity index (χ3n) is 2.54. The lowest BCUT2D eigenvalue weighted by Crippen LogP contribution is -2.23. The molecule has 5 heteroatoms. The summed E-state index contributed by atoms with van der Waals surface area (Å²) in [6, 6.07) is 3.84. The summed E-state index contributed by atoms with van der Waals surface area (Å²) >= 11 is 0. The van der Waals surface area contributed by atoms with E-state index in [1.807, 2.05) is 19.1 Å². The van der Waals surface area contributed by atoms with Gasteiger partial charge in [0.1, 0.15) is 18.1 Å². The van der Waals surface area contributed by atoms with Gasteiger partial charge in [-0.3, -0.25) is 0 Å². The van der Waals surface area contributed by atoms with Crippen LogP contribution in [0.4, 0.5) is 8.78 Å². The first kappa shape index (κ1) is 15.1. The SMILES string of the molecule is CCCNC(CCOCC(F)F)c1ccc(C)o1. The van der Waals surface area contributed by atoms with E-state index in [1.165, 1.54) is 0 Å². The Hall–Kier alpha value is -0.940. The van der Waals surface area contributed by atoms with Crippen LogP contribution in [0.3, 0.4) is 0 Å². The zero-order valence-corrected chi connectivity index (χ0v) is 10.9. The number of ether oxygens (including phenoxy) is 1. The predicted octanol–water partition coefficient (Wildman–Crippen LogP) is 3.30. The lowest BCUT2D eigenvalue weighted by atomic mass is 10.1. The van der Waals surface area contributed by atoms with Gasteiger partial charge in [-0.15, -0.1) is 0 Å². The molecule has 0 saturated carbocycles. The minimum atomic E-state index is -2.40. The average molecular weight is 261 g/mol. The quantitative estimate of drug-likeness (QED) is 0.693. The second-order valence-electron chi connectivity index (χ2n) is 4.21. The molecule has 1 aromatic heterocycles. The summed E-state index contributed by atoms with van der Waals surface area (Å²) in [4.78, 5) is 0. The number of aryl methyl sites for hydroxylation is 1. The average Bonchev–Trinajstić information content (AvgIpc) is 2.74. The highest BCUT2D eigenvalue weighted by atomic mass is 19.3. The van der Waals surface area contributed by atoms with E-state index in [-0.39, 0.29) is 6.04 Å². The molecule has 0 spiro atoms.